The number of benzene rings is 2. The number of hydrazine groups is 1. The zero-order valence-corrected chi connectivity index (χ0v) is 12.2. The minimum absolute atomic E-state index is 0.130. The molecule has 21 heavy (non-hydrogen) atoms. The fourth-order valence-corrected chi connectivity index (χ4v) is 2.82. The van der Waals surface area contributed by atoms with Gasteiger partial charge >= 0.3 is 0 Å². The summed E-state index contributed by atoms with van der Waals surface area (Å²) in [6, 6.07) is 10.8. The summed E-state index contributed by atoms with van der Waals surface area (Å²) < 4.78 is 19.5. The lowest BCUT2D eigenvalue weighted by molar-refractivity contribution is 0.356. The number of rotatable bonds is 4. The van der Waals surface area contributed by atoms with Crippen LogP contribution in [0.4, 0.5) is 4.39 Å². The lowest BCUT2D eigenvalue weighted by atomic mass is 9.97. The molecule has 1 unspecified atom stereocenters. The topological polar surface area (TPSA) is 47.3 Å². The number of nitrogens with one attached hydrogen (secondary N) is 1. The van der Waals surface area contributed by atoms with E-state index in [1.165, 1.54) is 11.6 Å². The Balaban J connectivity index is 1.87. The minimum Gasteiger partial charge on any atom is -0.493 e. The summed E-state index contributed by atoms with van der Waals surface area (Å²) in [4.78, 5) is 0. The van der Waals surface area contributed by atoms with Crippen molar-refractivity contribution in [2.45, 2.75) is 18.9 Å². The average molecular weight is 307 g/mol. The van der Waals surface area contributed by atoms with Gasteiger partial charge in [-0.25, -0.2) is 4.39 Å². The van der Waals surface area contributed by atoms with Crippen molar-refractivity contribution < 1.29 is 9.13 Å². The van der Waals surface area contributed by atoms with Crippen LogP contribution in [-0.4, -0.2) is 6.61 Å². The molecule has 3 N–H and O–H groups in total. The first kappa shape index (κ1) is 14.3. The quantitative estimate of drug-likeness (QED) is 0.674. The van der Waals surface area contributed by atoms with Gasteiger partial charge in [-0.15, -0.1) is 0 Å². The Bertz CT molecular complexity index is 663. The van der Waals surface area contributed by atoms with Crippen LogP contribution < -0.4 is 16.0 Å². The van der Waals surface area contributed by atoms with Gasteiger partial charge in [0.25, 0.3) is 0 Å². The molecule has 0 amide bonds. The van der Waals surface area contributed by atoms with E-state index in [1.807, 2.05) is 12.1 Å². The van der Waals surface area contributed by atoms with Crippen LogP contribution in [0.15, 0.2) is 36.4 Å². The van der Waals surface area contributed by atoms with Crippen molar-refractivity contribution in [1.82, 2.24) is 5.43 Å². The zero-order chi connectivity index (χ0) is 14.8. The van der Waals surface area contributed by atoms with Crippen LogP contribution in [0.2, 0.25) is 5.02 Å². The first-order chi connectivity index (χ1) is 10.2. The first-order valence-corrected chi connectivity index (χ1v) is 7.21. The lowest BCUT2D eigenvalue weighted by Crippen LogP contribution is -2.29. The van der Waals surface area contributed by atoms with E-state index in [-0.39, 0.29) is 16.9 Å². The molecule has 5 heteroatoms. The van der Waals surface area contributed by atoms with Crippen LogP contribution in [-0.2, 0) is 12.8 Å². The molecule has 1 aliphatic heterocycles. The Labute approximate surface area is 127 Å². The van der Waals surface area contributed by atoms with Gasteiger partial charge in [0.2, 0.25) is 0 Å². The lowest BCUT2D eigenvalue weighted by Gasteiger charge is -2.18. The van der Waals surface area contributed by atoms with Crippen LogP contribution in [0.25, 0.3) is 0 Å². The number of hydrogen-bond donors (Lipinski definition) is 2. The van der Waals surface area contributed by atoms with Crippen molar-refractivity contribution in [3.05, 3.63) is 63.9 Å². The van der Waals surface area contributed by atoms with E-state index >= 15 is 0 Å². The van der Waals surface area contributed by atoms with E-state index in [2.05, 4.69) is 11.5 Å². The van der Waals surface area contributed by atoms with Crippen LogP contribution in [0.3, 0.4) is 0 Å². The second-order valence-corrected chi connectivity index (χ2v) is 5.51. The number of halogens is 2. The van der Waals surface area contributed by atoms with E-state index in [0.29, 0.717) is 18.6 Å². The van der Waals surface area contributed by atoms with Crippen molar-refractivity contribution in [3.63, 3.8) is 0 Å². The first-order valence-electron chi connectivity index (χ1n) is 6.83. The smallest absolute Gasteiger partial charge is 0.145 e. The van der Waals surface area contributed by atoms with Crippen LogP contribution in [0.1, 0.15) is 22.7 Å². The van der Waals surface area contributed by atoms with E-state index in [9.17, 15) is 4.39 Å². The maximum Gasteiger partial charge on any atom is 0.145 e. The molecule has 2 aromatic carbocycles. The van der Waals surface area contributed by atoms with Crippen molar-refractivity contribution >= 4 is 11.6 Å². The Morgan fingerprint density at radius 2 is 2.19 bits per heavy atom. The summed E-state index contributed by atoms with van der Waals surface area (Å²) in [5, 5.41) is 0.130. The molecule has 1 heterocycles. The number of ether oxygens (including phenoxy) is 1. The molecule has 110 valence electrons. The average Bonchev–Trinajstić information content (AvgIpc) is 2.96. The molecule has 2 aromatic rings. The molecule has 3 nitrogen and oxygen atoms in total. The van der Waals surface area contributed by atoms with E-state index in [0.717, 1.165) is 17.7 Å². The third-order valence-corrected chi connectivity index (χ3v) is 4.06. The predicted octanol–water partition coefficient (Wildman–Crippen LogP) is 3.16. The van der Waals surface area contributed by atoms with Crippen LogP contribution in [0.5, 0.6) is 5.75 Å². The molecular weight excluding hydrogens is 291 g/mol. The third-order valence-electron chi connectivity index (χ3n) is 3.77. The highest BCUT2D eigenvalue weighted by Crippen LogP contribution is 2.30. The highest BCUT2D eigenvalue weighted by atomic mass is 35.5. The molecule has 0 aromatic heterocycles. The van der Waals surface area contributed by atoms with Gasteiger partial charge in [-0.3, -0.25) is 11.3 Å². The fourth-order valence-electron chi connectivity index (χ4n) is 2.62. The molecule has 1 aliphatic rings. The third kappa shape index (κ3) is 2.88. The SMILES string of the molecule is NNC(Cc1cccc(Cl)c1F)c1ccc2c(c1)CCO2. The molecule has 0 spiro atoms. The molecule has 0 radical (unpaired) electrons. The van der Waals surface area contributed by atoms with Crippen molar-refractivity contribution in [1.29, 1.82) is 0 Å². The summed E-state index contributed by atoms with van der Waals surface area (Å²) in [7, 11) is 0. The Kier molecular flexibility index (Phi) is 4.10. The summed E-state index contributed by atoms with van der Waals surface area (Å²) >= 11 is 5.82. The number of fused-ring (bicyclic) bond motifs is 1. The second-order valence-electron chi connectivity index (χ2n) is 5.10. The van der Waals surface area contributed by atoms with Gasteiger partial charge in [-0.2, -0.15) is 0 Å². The van der Waals surface area contributed by atoms with Gasteiger partial charge in [0.15, 0.2) is 0 Å². The number of hydrogen-bond acceptors (Lipinski definition) is 3. The molecule has 0 saturated heterocycles. The maximum atomic E-state index is 14.0. The second kappa shape index (κ2) is 6.02. The molecule has 0 fully saturated rings. The van der Waals surface area contributed by atoms with Gasteiger partial charge in [0.1, 0.15) is 11.6 Å². The maximum absolute atomic E-state index is 14.0. The molecule has 0 aliphatic carbocycles. The van der Waals surface area contributed by atoms with Crippen molar-refractivity contribution in [2.75, 3.05) is 6.61 Å². The molecule has 1 atom stereocenters. The van der Waals surface area contributed by atoms with Gasteiger partial charge in [0, 0.05) is 6.42 Å². The molecular formula is C16H16ClFN2O. The Morgan fingerprint density at radius 3 is 3.00 bits per heavy atom. The fraction of sp³-hybridized carbons (Fsp3) is 0.250. The monoisotopic (exact) mass is 306 g/mol. The van der Waals surface area contributed by atoms with E-state index in [4.69, 9.17) is 22.2 Å². The van der Waals surface area contributed by atoms with E-state index in [1.54, 1.807) is 12.1 Å². The van der Waals surface area contributed by atoms with Gasteiger partial charge in [0.05, 0.1) is 17.7 Å². The molecule has 0 saturated carbocycles. The Hall–Kier alpha value is -1.62. The predicted molar refractivity (Wildman–Crippen MR) is 80.8 cm³/mol. The molecule has 3 rings (SSSR count). The highest BCUT2D eigenvalue weighted by molar-refractivity contribution is 6.30. The van der Waals surface area contributed by atoms with Crippen LogP contribution in [0, 0.1) is 5.82 Å². The van der Waals surface area contributed by atoms with E-state index < -0.39 is 0 Å². The Morgan fingerprint density at radius 1 is 1.33 bits per heavy atom. The zero-order valence-electron chi connectivity index (χ0n) is 11.4. The molecule has 0 bridgehead atoms. The number of nitrogens with two attached hydrogens (primary N) is 1. The van der Waals surface area contributed by atoms with Crippen LogP contribution >= 0.6 is 11.6 Å². The minimum atomic E-state index is -0.385. The van der Waals surface area contributed by atoms with Gasteiger partial charge < -0.3 is 4.74 Å². The van der Waals surface area contributed by atoms with Gasteiger partial charge in [-0.1, -0.05) is 35.9 Å². The van der Waals surface area contributed by atoms with Crippen molar-refractivity contribution in [2.24, 2.45) is 5.84 Å². The highest BCUT2D eigenvalue weighted by Gasteiger charge is 2.18. The normalized spacial score (nSPS) is 14.6. The summed E-state index contributed by atoms with van der Waals surface area (Å²) in [6.07, 6.45) is 1.33. The summed E-state index contributed by atoms with van der Waals surface area (Å²) in [5.41, 5.74) is 5.48. The summed E-state index contributed by atoms with van der Waals surface area (Å²) in [5.74, 6) is 6.18. The largest absolute Gasteiger partial charge is 0.493 e. The summed E-state index contributed by atoms with van der Waals surface area (Å²) in [6.45, 7) is 0.711. The standard InChI is InChI=1S/C16H16ClFN2O/c17-13-3-1-2-12(16(13)18)9-14(20-19)10-4-5-15-11(8-10)6-7-21-15/h1-5,8,14,20H,6-7,9,19H2. The van der Waals surface area contributed by atoms with Crippen molar-refractivity contribution in [3.8, 4) is 5.75 Å². The van der Waals surface area contributed by atoms with Gasteiger partial charge in [-0.05, 0) is 35.2 Å².